The maximum atomic E-state index is 6.08. The summed E-state index contributed by atoms with van der Waals surface area (Å²) in [6.07, 6.45) is 6.23. The highest BCUT2D eigenvalue weighted by Crippen LogP contribution is 2.35. The number of benzene rings is 1. The number of para-hydroxylation sites is 1. The van der Waals surface area contributed by atoms with Crippen LogP contribution < -0.4 is 10.6 Å². The van der Waals surface area contributed by atoms with Crippen molar-refractivity contribution in [3.05, 3.63) is 29.8 Å². The van der Waals surface area contributed by atoms with E-state index in [1.54, 1.807) is 0 Å². The third kappa shape index (κ3) is 2.54. The molecule has 1 aliphatic rings. The number of hydrogen-bond acceptors (Lipinski definition) is 2. The molecule has 0 aliphatic carbocycles. The van der Waals surface area contributed by atoms with Crippen LogP contribution in [0.5, 0.6) is 0 Å². The fourth-order valence-electron chi connectivity index (χ4n) is 3.00. The lowest BCUT2D eigenvalue weighted by atomic mass is 9.92. The van der Waals surface area contributed by atoms with E-state index in [0.29, 0.717) is 0 Å². The second-order valence-corrected chi connectivity index (χ2v) is 5.69. The number of hydrogen-bond donors (Lipinski definition) is 1. The number of nitrogens with zero attached hydrogens (tertiary/aromatic N) is 1. The van der Waals surface area contributed by atoms with Gasteiger partial charge >= 0.3 is 0 Å². The molecule has 0 fully saturated rings. The molecule has 1 unspecified atom stereocenters. The van der Waals surface area contributed by atoms with Crippen LogP contribution in [0.4, 0.5) is 5.69 Å². The summed E-state index contributed by atoms with van der Waals surface area (Å²) in [5, 5.41) is 0. The van der Waals surface area contributed by atoms with Gasteiger partial charge in [-0.1, -0.05) is 44.4 Å². The summed E-state index contributed by atoms with van der Waals surface area (Å²) in [5.74, 6) is 0. The van der Waals surface area contributed by atoms with Gasteiger partial charge in [0.15, 0.2) is 0 Å². The van der Waals surface area contributed by atoms with Crippen LogP contribution in [-0.4, -0.2) is 18.6 Å². The van der Waals surface area contributed by atoms with Crippen LogP contribution in [0.15, 0.2) is 24.3 Å². The Morgan fingerprint density at radius 3 is 2.78 bits per heavy atom. The molecule has 1 heterocycles. The Kier molecular flexibility index (Phi) is 4.28. The Morgan fingerprint density at radius 2 is 2.06 bits per heavy atom. The summed E-state index contributed by atoms with van der Waals surface area (Å²) >= 11 is 0. The topological polar surface area (TPSA) is 29.3 Å². The molecule has 1 aromatic carbocycles. The van der Waals surface area contributed by atoms with Crippen LogP contribution in [-0.2, 0) is 6.42 Å². The molecule has 1 aromatic rings. The molecule has 2 nitrogen and oxygen atoms in total. The van der Waals surface area contributed by atoms with Gasteiger partial charge in [0.05, 0.1) is 0 Å². The summed E-state index contributed by atoms with van der Waals surface area (Å²) in [4.78, 5) is 2.54. The minimum Gasteiger partial charge on any atom is -0.364 e. The molecule has 0 bridgehead atoms. The smallest absolute Gasteiger partial charge is 0.0496 e. The van der Waals surface area contributed by atoms with Gasteiger partial charge in [-0.25, -0.2) is 0 Å². The van der Waals surface area contributed by atoms with Crippen molar-refractivity contribution in [1.29, 1.82) is 0 Å². The van der Waals surface area contributed by atoms with E-state index in [1.165, 1.54) is 43.4 Å². The largest absolute Gasteiger partial charge is 0.364 e. The van der Waals surface area contributed by atoms with E-state index in [4.69, 9.17) is 5.73 Å². The number of unbranched alkanes of at least 4 members (excludes halogenated alkanes) is 2. The zero-order valence-corrected chi connectivity index (χ0v) is 11.8. The molecule has 2 N–H and O–H groups in total. The lowest BCUT2D eigenvalue weighted by molar-refractivity contribution is 0.390. The highest BCUT2D eigenvalue weighted by molar-refractivity contribution is 5.59. The Morgan fingerprint density at radius 1 is 1.28 bits per heavy atom. The van der Waals surface area contributed by atoms with Gasteiger partial charge < -0.3 is 10.6 Å². The summed E-state index contributed by atoms with van der Waals surface area (Å²) < 4.78 is 0. The second-order valence-electron chi connectivity index (χ2n) is 5.69. The highest BCUT2D eigenvalue weighted by Gasteiger charge is 2.34. The number of fused-ring (bicyclic) bond motifs is 1. The molecular weight excluding hydrogens is 220 g/mol. The van der Waals surface area contributed by atoms with Crippen molar-refractivity contribution in [2.45, 2.75) is 51.5 Å². The molecule has 0 amide bonds. The summed E-state index contributed by atoms with van der Waals surface area (Å²) in [5.41, 5.74) is 9.10. The molecule has 0 saturated heterocycles. The molecule has 0 aromatic heterocycles. The average molecular weight is 246 g/mol. The number of nitrogens with two attached hydrogens (primary N) is 1. The molecule has 0 saturated carbocycles. The van der Waals surface area contributed by atoms with E-state index in [1.807, 2.05) is 0 Å². The van der Waals surface area contributed by atoms with E-state index in [2.05, 4.69) is 43.0 Å². The lowest BCUT2D eigenvalue weighted by Crippen LogP contribution is -2.51. The number of rotatable bonds is 6. The SMILES string of the molecule is CCCCCC(C)(CN)N1CCc2ccccc21. The molecule has 2 heteroatoms. The fraction of sp³-hybridized carbons (Fsp3) is 0.625. The van der Waals surface area contributed by atoms with Gasteiger partial charge in [-0.3, -0.25) is 0 Å². The van der Waals surface area contributed by atoms with Crippen molar-refractivity contribution in [1.82, 2.24) is 0 Å². The maximum absolute atomic E-state index is 6.08. The third-order valence-corrected chi connectivity index (χ3v) is 4.30. The first-order chi connectivity index (χ1) is 8.71. The Hall–Kier alpha value is -1.02. The molecule has 2 rings (SSSR count). The zero-order chi connectivity index (χ0) is 13.0. The third-order valence-electron chi connectivity index (χ3n) is 4.30. The van der Waals surface area contributed by atoms with E-state index < -0.39 is 0 Å². The molecular formula is C16H26N2. The van der Waals surface area contributed by atoms with Crippen molar-refractivity contribution in [3.8, 4) is 0 Å². The van der Waals surface area contributed by atoms with E-state index in [9.17, 15) is 0 Å². The first kappa shape index (κ1) is 13.4. The molecule has 0 radical (unpaired) electrons. The van der Waals surface area contributed by atoms with Crippen LogP contribution >= 0.6 is 0 Å². The number of anilines is 1. The normalized spacial score (nSPS) is 17.6. The standard InChI is InChI=1S/C16H26N2/c1-3-4-7-11-16(2,13-17)18-12-10-14-8-5-6-9-15(14)18/h5-6,8-9H,3-4,7,10-13,17H2,1-2H3. The fourth-order valence-corrected chi connectivity index (χ4v) is 3.00. The molecule has 1 aliphatic heterocycles. The van der Waals surface area contributed by atoms with Gasteiger partial charge in [-0.05, 0) is 31.4 Å². The van der Waals surface area contributed by atoms with E-state index >= 15 is 0 Å². The van der Waals surface area contributed by atoms with Crippen molar-refractivity contribution in [2.24, 2.45) is 5.73 Å². The van der Waals surface area contributed by atoms with Gasteiger partial charge in [-0.15, -0.1) is 0 Å². The van der Waals surface area contributed by atoms with Gasteiger partial charge in [-0.2, -0.15) is 0 Å². The lowest BCUT2D eigenvalue weighted by Gasteiger charge is -2.40. The average Bonchev–Trinajstić information content (AvgIpc) is 2.83. The Balaban J connectivity index is 2.14. The minimum absolute atomic E-state index is 0.127. The van der Waals surface area contributed by atoms with Crippen LogP contribution in [0.25, 0.3) is 0 Å². The molecule has 100 valence electrons. The monoisotopic (exact) mass is 246 g/mol. The van der Waals surface area contributed by atoms with Crippen LogP contribution in [0.1, 0.15) is 45.1 Å². The van der Waals surface area contributed by atoms with Crippen molar-refractivity contribution < 1.29 is 0 Å². The van der Waals surface area contributed by atoms with Crippen molar-refractivity contribution >= 4 is 5.69 Å². The maximum Gasteiger partial charge on any atom is 0.0496 e. The zero-order valence-electron chi connectivity index (χ0n) is 11.8. The van der Waals surface area contributed by atoms with Gasteiger partial charge in [0, 0.05) is 24.3 Å². The van der Waals surface area contributed by atoms with Gasteiger partial charge in [0.25, 0.3) is 0 Å². The van der Waals surface area contributed by atoms with Gasteiger partial charge in [0.1, 0.15) is 0 Å². The quantitative estimate of drug-likeness (QED) is 0.780. The van der Waals surface area contributed by atoms with Crippen LogP contribution in [0.2, 0.25) is 0 Å². The Bertz CT molecular complexity index is 388. The molecule has 1 atom stereocenters. The van der Waals surface area contributed by atoms with Crippen molar-refractivity contribution in [3.63, 3.8) is 0 Å². The Labute approximate surface area is 111 Å². The van der Waals surface area contributed by atoms with Crippen molar-refractivity contribution in [2.75, 3.05) is 18.0 Å². The molecule has 0 spiro atoms. The van der Waals surface area contributed by atoms with Gasteiger partial charge in [0.2, 0.25) is 0 Å². The van der Waals surface area contributed by atoms with E-state index in [0.717, 1.165) is 13.1 Å². The predicted molar refractivity (Wildman–Crippen MR) is 79.1 cm³/mol. The summed E-state index contributed by atoms with van der Waals surface area (Å²) in [6.45, 7) is 6.44. The highest BCUT2D eigenvalue weighted by atomic mass is 15.2. The first-order valence-corrected chi connectivity index (χ1v) is 7.27. The molecule has 18 heavy (non-hydrogen) atoms. The predicted octanol–water partition coefficient (Wildman–Crippen LogP) is 3.35. The van der Waals surface area contributed by atoms with Crippen LogP contribution in [0.3, 0.4) is 0 Å². The summed E-state index contributed by atoms with van der Waals surface area (Å²) in [7, 11) is 0. The first-order valence-electron chi connectivity index (χ1n) is 7.27. The summed E-state index contributed by atoms with van der Waals surface area (Å²) in [6, 6.07) is 8.77. The minimum atomic E-state index is 0.127. The second kappa shape index (κ2) is 5.75. The van der Waals surface area contributed by atoms with E-state index in [-0.39, 0.29) is 5.54 Å². The van der Waals surface area contributed by atoms with Crippen LogP contribution in [0, 0.1) is 0 Å².